The number of amides is 2. The van der Waals surface area contributed by atoms with Crippen LogP contribution in [0.25, 0.3) is 0 Å². The zero-order valence-corrected chi connectivity index (χ0v) is 10.3. The van der Waals surface area contributed by atoms with E-state index in [1.807, 2.05) is 6.92 Å². The summed E-state index contributed by atoms with van der Waals surface area (Å²) in [5, 5.41) is 13.8. The Morgan fingerprint density at radius 3 is 2.53 bits per heavy atom. The molecule has 3 N–H and O–H groups in total. The monoisotopic (exact) mass is 240 g/mol. The number of nitrogens with one attached hydrogen (secondary N) is 2. The van der Waals surface area contributed by atoms with Gasteiger partial charge in [-0.1, -0.05) is 19.8 Å². The highest BCUT2D eigenvalue weighted by atomic mass is 16.4. The summed E-state index contributed by atoms with van der Waals surface area (Å²) < 4.78 is 0. The van der Waals surface area contributed by atoms with Gasteiger partial charge in [0.2, 0.25) is 0 Å². The van der Waals surface area contributed by atoms with Gasteiger partial charge < -0.3 is 15.7 Å². The van der Waals surface area contributed by atoms with Crippen molar-refractivity contribution in [2.45, 2.75) is 51.6 Å². The van der Waals surface area contributed by atoms with Crippen LogP contribution in [-0.2, 0) is 4.79 Å². The first-order chi connectivity index (χ1) is 8.01. The normalized spacial score (nSPS) is 13.2. The summed E-state index contributed by atoms with van der Waals surface area (Å²) in [5.41, 5.74) is 0. The maximum atomic E-state index is 11.5. The van der Waals surface area contributed by atoms with E-state index >= 15 is 0 Å². The largest absolute Gasteiger partial charge is 0.480 e. The van der Waals surface area contributed by atoms with E-state index in [9.17, 15) is 9.59 Å². The van der Waals surface area contributed by atoms with Crippen LogP contribution >= 0.6 is 0 Å². The highest BCUT2D eigenvalue weighted by molar-refractivity contribution is 5.82. The van der Waals surface area contributed by atoms with Gasteiger partial charge in [0.25, 0.3) is 0 Å². The molecule has 2 unspecified atom stereocenters. The number of carboxylic acids is 1. The highest BCUT2D eigenvalue weighted by Gasteiger charge is 2.19. The van der Waals surface area contributed by atoms with Gasteiger partial charge in [-0.15, -0.1) is 12.3 Å². The molecule has 0 radical (unpaired) electrons. The van der Waals surface area contributed by atoms with Crippen molar-refractivity contribution in [3.05, 3.63) is 0 Å². The number of hydrogen-bond donors (Lipinski definition) is 3. The first kappa shape index (κ1) is 15.3. The first-order valence-corrected chi connectivity index (χ1v) is 5.74. The SMILES string of the molecule is C#CCC(NC(=O)NC(C)CCCC)C(=O)O. The van der Waals surface area contributed by atoms with Crippen LogP contribution in [0.2, 0.25) is 0 Å². The number of carbonyl (C=O) groups is 2. The molecule has 0 rings (SSSR count). The maximum Gasteiger partial charge on any atom is 0.327 e. The van der Waals surface area contributed by atoms with E-state index in [4.69, 9.17) is 11.5 Å². The van der Waals surface area contributed by atoms with Gasteiger partial charge >= 0.3 is 12.0 Å². The standard InChI is InChI=1S/C12H20N2O3/c1-4-6-8-9(3)13-12(17)14-10(7-5-2)11(15)16/h2,9-10H,4,6-8H2,1,3H3,(H,15,16)(H2,13,14,17). The second kappa shape index (κ2) is 8.45. The van der Waals surface area contributed by atoms with Crippen molar-refractivity contribution < 1.29 is 14.7 Å². The van der Waals surface area contributed by atoms with E-state index in [-0.39, 0.29) is 12.5 Å². The zero-order valence-electron chi connectivity index (χ0n) is 10.3. The lowest BCUT2D eigenvalue weighted by molar-refractivity contribution is -0.139. The number of terminal acetylenes is 1. The number of carbonyl (C=O) groups excluding carboxylic acids is 1. The summed E-state index contributed by atoms with van der Waals surface area (Å²) in [7, 11) is 0. The van der Waals surface area contributed by atoms with Crippen molar-refractivity contribution in [2.75, 3.05) is 0 Å². The van der Waals surface area contributed by atoms with E-state index in [1.54, 1.807) is 0 Å². The second-order valence-corrected chi connectivity index (χ2v) is 3.96. The number of aliphatic carboxylic acids is 1. The average Bonchev–Trinajstić information content (AvgIpc) is 2.25. The number of carboxylic acid groups (broad SMARTS) is 1. The Hall–Kier alpha value is -1.70. The molecule has 0 saturated carbocycles. The number of unbranched alkanes of at least 4 members (excludes halogenated alkanes) is 1. The van der Waals surface area contributed by atoms with Crippen LogP contribution in [0.4, 0.5) is 4.79 Å². The molecule has 17 heavy (non-hydrogen) atoms. The van der Waals surface area contributed by atoms with Gasteiger partial charge in [0.15, 0.2) is 0 Å². The zero-order chi connectivity index (χ0) is 13.3. The van der Waals surface area contributed by atoms with E-state index < -0.39 is 18.0 Å². The van der Waals surface area contributed by atoms with Crippen LogP contribution in [-0.4, -0.2) is 29.2 Å². The lowest BCUT2D eigenvalue weighted by Gasteiger charge is -2.16. The fraction of sp³-hybridized carbons (Fsp3) is 0.667. The minimum absolute atomic E-state index is 0.0217. The molecule has 0 aliphatic heterocycles. The molecule has 0 aliphatic rings. The molecular formula is C12H20N2O3. The van der Waals surface area contributed by atoms with Crippen molar-refractivity contribution >= 4 is 12.0 Å². The number of urea groups is 1. The van der Waals surface area contributed by atoms with Crippen LogP contribution in [0.15, 0.2) is 0 Å². The van der Waals surface area contributed by atoms with Gasteiger partial charge in [-0.3, -0.25) is 0 Å². The lowest BCUT2D eigenvalue weighted by Crippen LogP contribution is -2.48. The van der Waals surface area contributed by atoms with Gasteiger partial charge in [0.05, 0.1) is 0 Å². The van der Waals surface area contributed by atoms with Gasteiger partial charge in [-0.25, -0.2) is 9.59 Å². The summed E-state index contributed by atoms with van der Waals surface area (Å²) >= 11 is 0. The lowest BCUT2D eigenvalue weighted by atomic mass is 10.1. The molecule has 0 spiro atoms. The maximum absolute atomic E-state index is 11.5. The molecule has 2 amide bonds. The van der Waals surface area contributed by atoms with E-state index in [1.165, 1.54) is 0 Å². The van der Waals surface area contributed by atoms with Gasteiger partial charge in [-0.2, -0.15) is 0 Å². The molecule has 5 nitrogen and oxygen atoms in total. The Morgan fingerprint density at radius 2 is 2.06 bits per heavy atom. The van der Waals surface area contributed by atoms with Gasteiger partial charge in [-0.05, 0) is 13.3 Å². The first-order valence-electron chi connectivity index (χ1n) is 5.74. The molecular weight excluding hydrogens is 220 g/mol. The fourth-order valence-electron chi connectivity index (χ4n) is 1.32. The van der Waals surface area contributed by atoms with Crippen molar-refractivity contribution in [1.82, 2.24) is 10.6 Å². The summed E-state index contributed by atoms with van der Waals surface area (Å²) in [4.78, 5) is 22.2. The average molecular weight is 240 g/mol. The molecule has 0 aromatic rings. The van der Waals surface area contributed by atoms with Crippen LogP contribution in [0.5, 0.6) is 0 Å². The van der Waals surface area contributed by atoms with Crippen LogP contribution in [0.1, 0.15) is 39.5 Å². The Balaban J connectivity index is 4.06. The van der Waals surface area contributed by atoms with Crippen LogP contribution in [0.3, 0.4) is 0 Å². The Labute approximate surface area is 102 Å². The molecule has 5 heteroatoms. The highest BCUT2D eigenvalue weighted by Crippen LogP contribution is 1.99. The van der Waals surface area contributed by atoms with Gasteiger partial charge in [0.1, 0.15) is 6.04 Å². The third-order valence-electron chi connectivity index (χ3n) is 2.29. The number of hydrogen-bond acceptors (Lipinski definition) is 2. The third kappa shape index (κ3) is 7.23. The Bertz CT molecular complexity index is 297. The summed E-state index contributed by atoms with van der Waals surface area (Å²) in [6.45, 7) is 3.95. The molecule has 0 bridgehead atoms. The summed E-state index contributed by atoms with van der Waals surface area (Å²) in [6, 6.07) is -1.50. The van der Waals surface area contributed by atoms with E-state index in [2.05, 4.69) is 23.5 Å². The fourth-order valence-corrected chi connectivity index (χ4v) is 1.32. The molecule has 0 aliphatic carbocycles. The van der Waals surface area contributed by atoms with E-state index in [0.29, 0.717) is 0 Å². The molecule has 0 saturated heterocycles. The minimum Gasteiger partial charge on any atom is -0.480 e. The Morgan fingerprint density at radius 1 is 1.41 bits per heavy atom. The minimum atomic E-state index is -1.13. The number of rotatable bonds is 7. The predicted molar refractivity (Wildman–Crippen MR) is 65.5 cm³/mol. The molecule has 2 atom stereocenters. The van der Waals surface area contributed by atoms with Crippen molar-refractivity contribution in [1.29, 1.82) is 0 Å². The smallest absolute Gasteiger partial charge is 0.327 e. The summed E-state index contributed by atoms with van der Waals surface area (Å²) in [6.07, 6.45) is 7.95. The second-order valence-electron chi connectivity index (χ2n) is 3.96. The third-order valence-corrected chi connectivity index (χ3v) is 2.29. The van der Waals surface area contributed by atoms with Crippen LogP contribution in [0, 0.1) is 12.3 Å². The molecule has 0 aromatic carbocycles. The Kier molecular flexibility index (Phi) is 7.61. The molecule has 0 fully saturated rings. The molecule has 0 heterocycles. The van der Waals surface area contributed by atoms with Gasteiger partial charge in [0, 0.05) is 12.5 Å². The molecule has 0 aromatic heterocycles. The van der Waals surface area contributed by atoms with Crippen molar-refractivity contribution in [3.63, 3.8) is 0 Å². The quantitative estimate of drug-likeness (QED) is 0.588. The predicted octanol–water partition coefficient (Wildman–Crippen LogP) is 1.34. The van der Waals surface area contributed by atoms with Crippen LogP contribution < -0.4 is 10.6 Å². The summed E-state index contributed by atoms with van der Waals surface area (Å²) in [5.74, 6) is 1.09. The molecule has 96 valence electrons. The van der Waals surface area contributed by atoms with E-state index in [0.717, 1.165) is 19.3 Å². The van der Waals surface area contributed by atoms with Crippen molar-refractivity contribution in [3.8, 4) is 12.3 Å². The van der Waals surface area contributed by atoms with Crippen molar-refractivity contribution in [2.24, 2.45) is 0 Å². The topological polar surface area (TPSA) is 78.4 Å².